The SMILES string of the molecule is CCCOc1ccc([C@@H](Nc2cc(C)ccn2)c2ccc3cccnc3c2O)cc1. The van der Waals surface area contributed by atoms with E-state index in [-0.39, 0.29) is 11.8 Å². The van der Waals surface area contributed by atoms with Gasteiger partial charge in [0.05, 0.1) is 12.6 Å². The monoisotopic (exact) mass is 399 g/mol. The van der Waals surface area contributed by atoms with E-state index in [4.69, 9.17) is 4.74 Å². The number of benzene rings is 2. The van der Waals surface area contributed by atoms with Crippen molar-refractivity contribution >= 4 is 16.7 Å². The summed E-state index contributed by atoms with van der Waals surface area (Å²) in [5.74, 6) is 1.74. The van der Waals surface area contributed by atoms with Crippen LogP contribution in [0, 0.1) is 6.92 Å². The molecule has 0 radical (unpaired) electrons. The fourth-order valence-corrected chi connectivity index (χ4v) is 3.46. The van der Waals surface area contributed by atoms with Gasteiger partial charge in [-0.25, -0.2) is 4.98 Å². The molecule has 2 heterocycles. The fraction of sp³-hybridized carbons (Fsp3) is 0.200. The van der Waals surface area contributed by atoms with Gasteiger partial charge in [-0.15, -0.1) is 0 Å². The molecule has 4 aromatic rings. The van der Waals surface area contributed by atoms with Crippen molar-refractivity contribution in [2.45, 2.75) is 26.3 Å². The van der Waals surface area contributed by atoms with Crippen molar-refractivity contribution in [2.24, 2.45) is 0 Å². The average Bonchev–Trinajstić information content (AvgIpc) is 2.77. The van der Waals surface area contributed by atoms with E-state index in [1.54, 1.807) is 12.4 Å². The van der Waals surface area contributed by atoms with E-state index >= 15 is 0 Å². The van der Waals surface area contributed by atoms with Crippen LogP contribution in [0.5, 0.6) is 11.5 Å². The van der Waals surface area contributed by atoms with Crippen molar-refractivity contribution in [3.8, 4) is 11.5 Å². The zero-order valence-electron chi connectivity index (χ0n) is 17.2. The maximum Gasteiger partial charge on any atom is 0.147 e. The van der Waals surface area contributed by atoms with Crippen molar-refractivity contribution in [2.75, 3.05) is 11.9 Å². The number of hydrogen-bond donors (Lipinski definition) is 2. The third-order valence-corrected chi connectivity index (χ3v) is 4.98. The number of nitrogens with one attached hydrogen (secondary N) is 1. The molecule has 0 aliphatic carbocycles. The van der Waals surface area contributed by atoms with E-state index in [9.17, 15) is 5.11 Å². The first kappa shape index (κ1) is 19.7. The molecule has 5 nitrogen and oxygen atoms in total. The van der Waals surface area contributed by atoms with Crippen LogP contribution in [0.25, 0.3) is 10.9 Å². The quantitative estimate of drug-likeness (QED) is 0.421. The molecule has 0 fully saturated rings. The van der Waals surface area contributed by atoms with Gasteiger partial charge in [0.2, 0.25) is 0 Å². The van der Waals surface area contributed by atoms with Crippen LogP contribution >= 0.6 is 0 Å². The van der Waals surface area contributed by atoms with Crippen LogP contribution in [-0.4, -0.2) is 21.7 Å². The highest BCUT2D eigenvalue weighted by Crippen LogP contribution is 2.36. The third-order valence-electron chi connectivity index (χ3n) is 4.98. The Morgan fingerprint density at radius 2 is 1.83 bits per heavy atom. The Morgan fingerprint density at radius 3 is 2.60 bits per heavy atom. The number of phenols is 1. The van der Waals surface area contributed by atoms with Crippen molar-refractivity contribution in [3.63, 3.8) is 0 Å². The smallest absolute Gasteiger partial charge is 0.147 e. The largest absolute Gasteiger partial charge is 0.505 e. The van der Waals surface area contributed by atoms with Crippen LogP contribution in [0.4, 0.5) is 5.82 Å². The molecule has 0 bridgehead atoms. The normalized spacial score (nSPS) is 11.9. The van der Waals surface area contributed by atoms with Gasteiger partial charge in [-0.1, -0.05) is 37.3 Å². The molecule has 0 spiro atoms. The Labute approximate surface area is 176 Å². The molecular formula is C25H25N3O2. The van der Waals surface area contributed by atoms with Crippen LogP contribution in [0.15, 0.2) is 73.1 Å². The molecule has 4 rings (SSSR count). The van der Waals surface area contributed by atoms with Crippen molar-refractivity contribution < 1.29 is 9.84 Å². The molecule has 30 heavy (non-hydrogen) atoms. The minimum Gasteiger partial charge on any atom is -0.505 e. The number of anilines is 1. The Bertz CT molecular complexity index is 1140. The predicted molar refractivity (Wildman–Crippen MR) is 120 cm³/mol. The minimum absolute atomic E-state index is 0.171. The van der Waals surface area contributed by atoms with Gasteiger partial charge in [-0.3, -0.25) is 4.98 Å². The lowest BCUT2D eigenvalue weighted by Gasteiger charge is -2.22. The second kappa shape index (κ2) is 8.82. The van der Waals surface area contributed by atoms with E-state index in [0.717, 1.165) is 40.1 Å². The van der Waals surface area contributed by atoms with Gasteiger partial charge >= 0.3 is 0 Å². The van der Waals surface area contributed by atoms with Gasteiger partial charge in [0.25, 0.3) is 0 Å². The molecule has 0 unspecified atom stereocenters. The number of aromatic nitrogens is 2. The van der Waals surface area contributed by atoms with Gasteiger partial charge in [0, 0.05) is 23.3 Å². The highest BCUT2D eigenvalue weighted by Gasteiger charge is 2.20. The first-order valence-corrected chi connectivity index (χ1v) is 10.1. The lowest BCUT2D eigenvalue weighted by Crippen LogP contribution is -2.14. The lowest BCUT2D eigenvalue weighted by atomic mass is 9.96. The van der Waals surface area contributed by atoms with E-state index in [0.29, 0.717) is 12.1 Å². The maximum atomic E-state index is 11.0. The van der Waals surface area contributed by atoms with Gasteiger partial charge in [-0.2, -0.15) is 0 Å². The number of phenolic OH excluding ortho intramolecular Hbond substituents is 1. The molecule has 1 atom stereocenters. The molecule has 2 aromatic heterocycles. The van der Waals surface area contributed by atoms with E-state index in [1.807, 2.05) is 67.6 Å². The Kier molecular flexibility index (Phi) is 5.80. The average molecular weight is 399 g/mol. The van der Waals surface area contributed by atoms with Crippen LogP contribution in [0.1, 0.15) is 36.1 Å². The molecule has 0 saturated carbocycles. The standard InChI is InChI=1S/C25H25N3O2/c1-3-15-30-20-9-6-19(7-10-20)23(28-22-16-17(2)12-14-26-22)21-11-8-18-5-4-13-27-24(18)25(21)29/h4-14,16,23,29H,3,15H2,1-2H3,(H,26,28)/t23-/m1/s1. The summed E-state index contributed by atoms with van der Waals surface area (Å²) in [5, 5.41) is 15.4. The molecule has 2 aromatic carbocycles. The maximum absolute atomic E-state index is 11.0. The number of aromatic hydroxyl groups is 1. The summed E-state index contributed by atoms with van der Waals surface area (Å²) in [5.41, 5.74) is 3.43. The van der Waals surface area contributed by atoms with E-state index in [1.165, 1.54) is 0 Å². The zero-order chi connectivity index (χ0) is 20.9. The fourth-order valence-electron chi connectivity index (χ4n) is 3.46. The first-order chi connectivity index (χ1) is 14.7. The van der Waals surface area contributed by atoms with Crippen LogP contribution in [0.3, 0.4) is 0 Å². The number of aryl methyl sites for hydroxylation is 1. The van der Waals surface area contributed by atoms with Crippen LogP contribution in [0.2, 0.25) is 0 Å². The molecular weight excluding hydrogens is 374 g/mol. The summed E-state index contributed by atoms with van der Waals surface area (Å²) in [6.45, 7) is 4.80. The van der Waals surface area contributed by atoms with Crippen molar-refractivity contribution in [3.05, 3.63) is 89.7 Å². The minimum atomic E-state index is -0.300. The van der Waals surface area contributed by atoms with Gasteiger partial charge in [-0.05, 0) is 54.8 Å². The van der Waals surface area contributed by atoms with E-state index < -0.39 is 0 Å². The summed E-state index contributed by atoms with van der Waals surface area (Å²) < 4.78 is 5.72. The molecule has 152 valence electrons. The Hall–Kier alpha value is -3.60. The summed E-state index contributed by atoms with van der Waals surface area (Å²) in [4.78, 5) is 8.82. The number of hydrogen-bond acceptors (Lipinski definition) is 5. The highest BCUT2D eigenvalue weighted by atomic mass is 16.5. The summed E-state index contributed by atoms with van der Waals surface area (Å²) in [6.07, 6.45) is 4.43. The van der Waals surface area contributed by atoms with Crippen molar-refractivity contribution in [1.82, 2.24) is 9.97 Å². The first-order valence-electron chi connectivity index (χ1n) is 10.1. The van der Waals surface area contributed by atoms with Crippen LogP contribution < -0.4 is 10.1 Å². The number of pyridine rings is 2. The molecule has 5 heteroatoms. The van der Waals surface area contributed by atoms with Crippen LogP contribution in [-0.2, 0) is 0 Å². The number of ether oxygens (including phenoxy) is 1. The highest BCUT2D eigenvalue weighted by molar-refractivity contribution is 5.86. The second-order valence-electron chi connectivity index (χ2n) is 7.29. The second-order valence-corrected chi connectivity index (χ2v) is 7.29. The van der Waals surface area contributed by atoms with E-state index in [2.05, 4.69) is 22.2 Å². The summed E-state index contributed by atoms with van der Waals surface area (Å²) in [7, 11) is 0. The van der Waals surface area contributed by atoms with Gasteiger partial charge in [0.15, 0.2) is 0 Å². The summed E-state index contributed by atoms with van der Waals surface area (Å²) in [6, 6.07) is 19.3. The number of nitrogens with zero attached hydrogens (tertiary/aromatic N) is 2. The van der Waals surface area contributed by atoms with Gasteiger partial charge in [0.1, 0.15) is 22.8 Å². The zero-order valence-corrected chi connectivity index (χ0v) is 17.2. The lowest BCUT2D eigenvalue weighted by molar-refractivity contribution is 0.317. The predicted octanol–water partition coefficient (Wildman–Crippen LogP) is 5.63. The molecule has 0 aliphatic rings. The Morgan fingerprint density at radius 1 is 1.00 bits per heavy atom. The number of rotatable bonds is 7. The summed E-state index contributed by atoms with van der Waals surface area (Å²) >= 11 is 0. The number of fused-ring (bicyclic) bond motifs is 1. The van der Waals surface area contributed by atoms with Crippen molar-refractivity contribution in [1.29, 1.82) is 0 Å². The van der Waals surface area contributed by atoms with Gasteiger partial charge < -0.3 is 15.2 Å². The molecule has 0 aliphatic heterocycles. The molecule has 2 N–H and O–H groups in total. The molecule has 0 amide bonds. The topological polar surface area (TPSA) is 67.3 Å². The third kappa shape index (κ3) is 4.20. The molecule has 0 saturated heterocycles. The Balaban J connectivity index is 1.76.